The van der Waals surface area contributed by atoms with E-state index in [1.54, 1.807) is 16.8 Å². The Morgan fingerprint density at radius 1 is 1.07 bits per heavy atom. The van der Waals surface area contributed by atoms with E-state index < -0.39 is 20.9 Å². The fourth-order valence-electron chi connectivity index (χ4n) is 5.48. The molecule has 3 amide bonds. The highest BCUT2D eigenvalue weighted by Crippen LogP contribution is 2.58. The van der Waals surface area contributed by atoms with Gasteiger partial charge in [-0.2, -0.15) is 0 Å². The number of rotatable bonds is 3. The lowest BCUT2D eigenvalue weighted by atomic mass is 9.60. The van der Waals surface area contributed by atoms with E-state index in [1.165, 1.54) is 10.6 Å². The Hall–Kier alpha value is -2.13. The van der Waals surface area contributed by atoms with Crippen LogP contribution in [0.2, 0.25) is 0 Å². The zero-order valence-electron chi connectivity index (χ0n) is 17.6. The van der Waals surface area contributed by atoms with Gasteiger partial charge in [-0.05, 0) is 24.8 Å². The highest BCUT2D eigenvalue weighted by molar-refractivity contribution is 7.88. The molecule has 1 unspecified atom stereocenters. The third kappa shape index (κ3) is 3.47. The number of nitrogens with one attached hydrogen (secondary N) is 1. The van der Waals surface area contributed by atoms with Crippen LogP contribution in [0.5, 0.6) is 0 Å². The van der Waals surface area contributed by atoms with Crippen molar-refractivity contribution in [2.45, 2.75) is 25.8 Å². The molecule has 2 spiro atoms. The number of piperidine rings is 1. The summed E-state index contributed by atoms with van der Waals surface area (Å²) in [6, 6.07) is 9.64. The van der Waals surface area contributed by atoms with E-state index in [4.69, 9.17) is 0 Å². The second-order valence-electron chi connectivity index (χ2n) is 9.00. The first kappa shape index (κ1) is 21.1. The fraction of sp³-hybridized carbons (Fsp3) is 0.619. The monoisotopic (exact) mass is 434 g/mol. The number of carbonyl (C=O) groups excluding carboxylic acids is 2. The highest BCUT2D eigenvalue weighted by atomic mass is 32.2. The van der Waals surface area contributed by atoms with Gasteiger partial charge < -0.3 is 15.1 Å². The number of hydrogen-bond donors (Lipinski definition) is 1. The molecule has 0 aliphatic carbocycles. The number of urea groups is 1. The van der Waals surface area contributed by atoms with Crippen LogP contribution in [0.3, 0.4) is 0 Å². The van der Waals surface area contributed by atoms with Crippen LogP contribution in [-0.2, 0) is 21.4 Å². The van der Waals surface area contributed by atoms with Gasteiger partial charge in [-0.3, -0.25) is 4.79 Å². The predicted octanol–water partition coefficient (Wildman–Crippen LogP) is 1.10. The first-order valence-corrected chi connectivity index (χ1v) is 12.3. The second kappa shape index (κ2) is 7.53. The van der Waals surface area contributed by atoms with E-state index >= 15 is 0 Å². The largest absolute Gasteiger partial charge is 0.345 e. The first-order chi connectivity index (χ1) is 14.2. The van der Waals surface area contributed by atoms with Gasteiger partial charge >= 0.3 is 6.03 Å². The van der Waals surface area contributed by atoms with Gasteiger partial charge in [0.1, 0.15) is 0 Å². The molecule has 3 saturated heterocycles. The normalized spacial score (nSPS) is 26.7. The number of fused-ring (bicyclic) bond motifs is 1. The minimum atomic E-state index is -3.38. The summed E-state index contributed by atoms with van der Waals surface area (Å²) in [6.07, 6.45) is 3.16. The van der Waals surface area contributed by atoms with Crippen LogP contribution in [0.1, 0.15) is 24.8 Å². The predicted molar refractivity (Wildman–Crippen MR) is 113 cm³/mol. The second-order valence-corrected chi connectivity index (χ2v) is 11.0. The van der Waals surface area contributed by atoms with Crippen LogP contribution in [0.4, 0.5) is 4.79 Å². The van der Waals surface area contributed by atoms with Gasteiger partial charge in [-0.1, -0.05) is 30.3 Å². The lowest BCUT2D eigenvalue weighted by Crippen LogP contribution is -2.54. The maximum atomic E-state index is 13.2. The lowest BCUT2D eigenvalue weighted by molar-refractivity contribution is -0.140. The van der Waals surface area contributed by atoms with Gasteiger partial charge in [-0.25, -0.2) is 17.5 Å². The van der Waals surface area contributed by atoms with Crippen LogP contribution in [0.25, 0.3) is 0 Å². The van der Waals surface area contributed by atoms with Gasteiger partial charge in [-0.15, -0.1) is 0 Å². The molecule has 8 nitrogen and oxygen atoms in total. The smallest absolute Gasteiger partial charge is 0.317 e. The van der Waals surface area contributed by atoms with Crippen molar-refractivity contribution < 1.29 is 18.0 Å². The van der Waals surface area contributed by atoms with Crippen molar-refractivity contribution in [3.8, 4) is 0 Å². The molecule has 0 bridgehead atoms. The van der Waals surface area contributed by atoms with Crippen LogP contribution in [-0.4, -0.2) is 80.5 Å². The summed E-state index contributed by atoms with van der Waals surface area (Å²) in [7, 11) is -1.59. The van der Waals surface area contributed by atoms with Crippen LogP contribution in [0.15, 0.2) is 30.3 Å². The maximum absolute atomic E-state index is 13.2. The van der Waals surface area contributed by atoms with E-state index in [0.717, 1.165) is 5.56 Å². The number of benzene rings is 1. The lowest BCUT2D eigenvalue weighted by Gasteiger charge is -2.46. The molecule has 1 aromatic rings. The topological polar surface area (TPSA) is 90.0 Å². The number of hydrogen-bond acceptors (Lipinski definition) is 4. The molecule has 3 aliphatic heterocycles. The van der Waals surface area contributed by atoms with Crippen molar-refractivity contribution in [3.05, 3.63) is 35.9 Å². The van der Waals surface area contributed by atoms with Crippen molar-refractivity contribution in [3.63, 3.8) is 0 Å². The molecule has 3 heterocycles. The molecule has 4 rings (SSSR count). The molecule has 9 heteroatoms. The number of nitrogens with zero attached hydrogens (tertiary/aromatic N) is 3. The molecule has 1 aromatic carbocycles. The number of amides is 3. The summed E-state index contributed by atoms with van der Waals surface area (Å²) in [5, 5.41) is 2.96. The van der Waals surface area contributed by atoms with Crippen molar-refractivity contribution >= 4 is 22.0 Å². The molecule has 3 fully saturated rings. The summed E-state index contributed by atoms with van der Waals surface area (Å²) in [4.78, 5) is 29.3. The summed E-state index contributed by atoms with van der Waals surface area (Å²) in [6.45, 7) is 2.80. The summed E-state index contributed by atoms with van der Waals surface area (Å²) >= 11 is 0. The first-order valence-electron chi connectivity index (χ1n) is 10.4. The Bertz CT molecular complexity index is 928. The van der Waals surface area contributed by atoms with E-state index in [-0.39, 0.29) is 18.5 Å². The summed E-state index contributed by atoms with van der Waals surface area (Å²) in [5.41, 5.74) is -0.0385. The Kier molecular flexibility index (Phi) is 5.30. The molecule has 1 atom stereocenters. The van der Waals surface area contributed by atoms with E-state index in [9.17, 15) is 18.0 Å². The van der Waals surface area contributed by atoms with Crippen molar-refractivity contribution in [2.75, 3.05) is 46.0 Å². The molecular weight excluding hydrogens is 404 g/mol. The Morgan fingerprint density at radius 2 is 1.73 bits per heavy atom. The van der Waals surface area contributed by atoms with E-state index in [1.807, 2.05) is 30.3 Å². The Balaban J connectivity index is 1.47. The van der Waals surface area contributed by atoms with Crippen molar-refractivity contribution in [2.24, 2.45) is 10.8 Å². The van der Waals surface area contributed by atoms with Crippen molar-refractivity contribution in [1.82, 2.24) is 19.4 Å². The van der Waals surface area contributed by atoms with Crippen LogP contribution >= 0.6 is 0 Å². The van der Waals surface area contributed by atoms with Gasteiger partial charge in [0, 0.05) is 51.7 Å². The Labute approximate surface area is 178 Å². The Morgan fingerprint density at radius 3 is 2.30 bits per heavy atom. The highest BCUT2D eigenvalue weighted by Gasteiger charge is 2.66. The van der Waals surface area contributed by atoms with Crippen LogP contribution < -0.4 is 5.32 Å². The van der Waals surface area contributed by atoms with Gasteiger partial charge in [0.2, 0.25) is 15.9 Å². The maximum Gasteiger partial charge on any atom is 0.317 e. The zero-order chi connectivity index (χ0) is 21.6. The average molecular weight is 435 g/mol. The molecule has 1 N–H and O–H groups in total. The third-order valence-electron chi connectivity index (χ3n) is 7.33. The SMILES string of the molecule is CN1CCC2(CN(S(C)(=O)=O)CC23CCN(C(=O)NCc2ccccc2)CC3)C1=O. The number of likely N-dealkylation sites (tertiary alicyclic amines) is 2. The molecule has 30 heavy (non-hydrogen) atoms. The van der Waals surface area contributed by atoms with Gasteiger partial charge in [0.25, 0.3) is 0 Å². The summed E-state index contributed by atoms with van der Waals surface area (Å²) in [5.74, 6) is 0.0515. The molecule has 0 saturated carbocycles. The zero-order valence-corrected chi connectivity index (χ0v) is 18.5. The van der Waals surface area contributed by atoms with E-state index in [2.05, 4.69) is 5.32 Å². The standard InChI is InChI=1S/C21H30N4O4S/c1-23-11-10-21(18(23)26)16-25(30(2,28)29)15-20(21)8-12-24(13-9-20)19(27)22-14-17-6-4-3-5-7-17/h3-7H,8-16H2,1-2H3,(H,22,27). The number of sulfonamides is 1. The fourth-order valence-corrected chi connectivity index (χ4v) is 6.42. The molecule has 164 valence electrons. The average Bonchev–Trinajstić information content (AvgIpc) is 3.20. The van der Waals surface area contributed by atoms with Gasteiger partial charge in [0.05, 0.1) is 11.7 Å². The van der Waals surface area contributed by atoms with Crippen LogP contribution in [0, 0.1) is 10.8 Å². The molecule has 0 aromatic heterocycles. The molecule has 3 aliphatic rings. The number of carbonyl (C=O) groups is 2. The minimum Gasteiger partial charge on any atom is -0.345 e. The van der Waals surface area contributed by atoms with Crippen molar-refractivity contribution in [1.29, 1.82) is 0 Å². The minimum absolute atomic E-state index is 0.0515. The third-order valence-corrected chi connectivity index (χ3v) is 8.53. The molecular formula is C21H30N4O4S. The van der Waals surface area contributed by atoms with E-state index in [0.29, 0.717) is 52.0 Å². The van der Waals surface area contributed by atoms with Gasteiger partial charge in [0.15, 0.2) is 0 Å². The molecule has 0 radical (unpaired) electrons. The quantitative estimate of drug-likeness (QED) is 0.772. The summed E-state index contributed by atoms with van der Waals surface area (Å²) < 4.78 is 26.1.